The molecule has 4 heteroatoms. The van der Waals surface area contributed by atoms with Crippen LogP contribution in [0.25, 0.3) is 0 Å². The Morgan fingerprint density at radius 3 is 2.41 bits per heavy atom. The Morgan fingerprint density at radius 1 is 1.05 bits per heavy atom. The van der Waals surface area contributed by atoms with Gasteiger partial charge in [0, 0.05) is 37.6 Å². The van der Waals surface area contributed by atoms with Gasteiger partial charge in [-0.25, -0.2) is 0 Å². The van der Waals surface area contributed by atoms with Crippen molar-refractivity contribution in [2.45, 2.75) is 20.4 Å². The molecule has 3 rings (SSSR count). The summed E-state index contributed by atoms with van der Waals surface area (Å²) < 4.78 is 0. The number of thiophene rings is 1. The molecule has 3 nitrogen and oxygen atoms in total. The van der Waals surface area contributed by atoms with Crippen molar-refractivity contribution in [3.05, 3.63) is 57.3 Å². The van der Waals surface area contributed by atoms with E-state index in [0.717, 1.165) is 32.7 Å². The first-order valence-electron chi connectivity index (χ1n) is 7.81. The molecule has 0 N–H and O–H groups in total. The topological polar surface area (TPSA) is 18.8 Å². The van der Waals surface area contributed by atoms with Crippen molar-refractivity contribution in [1.29, 1.82) is 0 Å². The van der Waals surface area contributed by atoms with Crippen molar-refractivity contribution >= 4 is 17.6 Å². The first kappa shape index (κ1) is 15.3. The fourth-order valence-electron chi connectivity index (χ4n) is 2.61. The van der Waals surface area contributed by atoms with Gasteiger partial charge >= 0.3 is 0 Å². The molecule has 0 bridgehead atoms. The molecular weight excluding hydrogens is 290 g/mol. The van der Waals surface area contributed by atoms with Crippen LogP contribution in [0.4, 0.5) is 0 Å². The number of hydrogen-bond donors (Lipinski definition) is 0. The molecule has 1 aromatic carbocycles. The maximum Gasteiger partial charge on any atom is 0.0645 e. The average molecular weight is 313 g/mol. The molecule has 22 heavy (non-hydrogen) atoms. The monoisotopic (exact) mass is 313 g/mol. The van der Waals surface area contributed by atoms with Gasteiger partial charge in [-0.3, -0.25) is 9.91 Å². The molecule has 1 aliphatic rings. The second kappa shape index (κ2) is 7.07. The molecule has 0 radical (unpaired) electrons. The van der Waals surface area contributed by atoms with Crippen molar-refractivity contribution in [2.75, 3.05) is 26.2 Å². The smallest absolute Gasteiger partial charge is 0.0645 e. The summed E-state index contributed by atoms with van der Waals surface area (Å²) in [5, 5.41) is 8.94. The van der Waals surface area contributed by atoms with E-state index in [1.165, 1.54) is 21.6 Å². The van der Waals surface area contributed by atoms with E-state index >= 15 is 0 Å². The second-order valence-corrected chi connectivity index (χ2v) is 6.88. The van der Waals surface area contributed by atoms with Gasteiger partial charge in [-0.2, -0.15) is 5.10 Å². The number of hydrogen-bond acceptors (Lipinski definition) is 4. The summed E-state index contributed by atoms with van der Waals surface area (Å²) in [6, 6.07) is 11.0. The Kier molecular flexibility index (Phi) is 4.90. The van der Waals surface area contributed by atoms with Gasteiger partial charge in [-0.15, -0.1) is 11.3 Å². The van der Waals surface area contributed by atoms with Crippen molar-refractivity contribution in [3.63, 3.8) is 0 Å². The molecule has 2 aromatic rings. The number of aryl methyl sites for hydroxylation is 2. The van der Waals surface area contributed by atoms with Crippen LogP contribution in [0.3, 0.4) is 0 Å². The zero-order chi connectivity index (χ0) is 15.4. The Bertz CT molecular complexity index is 622. The molecule has 0 aliphatic carbocycles. The van der Waals surface area contributed by atoms with Crippen LogP contribution in [0.1, 0.15) is 21.6 Å². The summed E-state index contributed by atoms with van der Waals surface area (Å²) in [5.74, 6) is 0. The molecule has 2 heterocycles. The van der Waals surface area contributed by atoms with E-state index in [1.807, 2.05) is 6.21 Å². The lowest BCUT2D eigenvalue weighted by Crippen LogP contribution is -2.43. The standard InChI is InChI=1S/C18H23N3S/c1-15-3-5-17(6-4-15)14-20-8-10-21(11-9-20)19-13-18-16(2)7-12-22-18/h3-7,12-13H,8-11,14H2,1-2H3/b19-13-. The first-order valence-corrected chi connectivity index (χ1v) is 8.69. The van der Waals surface area contributed by atoms with Gasteiger partial charge in [0.2, 0.25) is 0 Å². The van der Waals surface area contributed by atoms with E-state index < -0.39 is 0 Å². The van der Waals surface area contributed by atoms with Crippen molar-refractivity contribution in [2.24, 2.45) is 5.10 Å². The molecule has 0 spiro atoms. The zero-order valence-electron chi connectivity index (χ0n) is 13.3. The fourth-order valence-corrected chi connectivity index (χ4v) is 3.39. The molecular formula is C18H23N3S. The Labute approximate surface area is 136 Å². The van der Waals surface area contributed by atoms with Gasteiger partial charge in [0.25, 0.3) is 0 Å². The third kappa shape index (κ3) is 3.96. The summed E-state index contributed by atoms with van der Waals surface area (Å²) in [6.07, 6.45) is 2.01. The first-order chi connectivity index (χ1) is 10.7. The average Bonchev–Trinajstić information content (AvgIpc) is 2.94. The highest BCUT2D eigenvalue weighted by Crippen LogP contribution is 2.14. The Morgan fingerprint density at radius 2 is 1.77 bits per heavy atom. The van der Waals surface area contributed by atoms with Gasteiger partial charge in [-0.1, -0.05) is 29.8 Å². The molecule has 1 saturated heterocycles. The third-order valence-electron chi connectivity index (χ3n) is 4.12. The van der Waals surface area contributed by atoms with Crippen LogP contribution in [0.2, 0.25) is 0 Å². The van der Waals surface area contributed by atoms with Crippen LogP contribution >= 0.6 is 11.3 Å². The molecule has 0 saturated carbocycles. The van der Waals surface area contributed by atoms with Gasteiger partial charge in [0.1, 0.15) is 0 Å². The molecule has 1 aromatic heterocycles. The lowest BCUT2D eigenvalue weighted by atomic mass is 10.1. The summed E-state index contributed by atoms with van der Waals surface area (Å²) in [5.41, 5.74) is 4.04. The van der Waals surface area contributed by atoms with Crippen molar-refractivity contribution in [3.8, 4) is 0 Å². The Balaban J connectivity index is 1.49. The SMILES string of the molecule is Cc1ccc(CN2CCN(/N=C\c3sccc3C)CC2)cc1. The molecule has 0 amide bonds. The molecule has 1 aliphatic heterocycles. The van der Waals surface area contributed by atoms with E-state index in [9.17, 15) is 0 Å². The molecule has 0 unspecified atom stereocenters. The minimum Gasteiger partial charge on any atom is -0.295 e. The number of hydrazone groups is 1. The van der Waals surface area contributed by atoms with E-state index in [2.05, 4.69) is 64.6 Å². The number of nitrogens with zero attached hydrogens (tertiary/aromatic N) is 3. The van der Waals surface area contributed by atoms with Crippen LogP contribution in [0, 0.1) is 13.8 Å². The van der Waals surface area contributed by atoms with Gasteiger partial charge in [-0.05, 0) is 36.4 Å². The van der Waals surface area contributed by atoms with Crippen molar-refractivity contribution in [1.82, 2.24) is 9.91 Å². The van der Waals surface area contributed by atoms with E-state index in [1.54, 1.807) is 11.3 Å². The summed E-state index contributed by atoms with van der Waals surface area (Å²) in [4.78, 5) is 3.77. The minimum absolute atomic E-state index is 1.01. The number of piperazine rings is 1. The third-order valence-corrected chi connectivity index (χ3v) is 5.07. The summed E-state index contributed by atoms with van der Waals surface area (Å²) >= 11 is 1.76. The second-order valence-electron chi connectivity index (χ2n) is 5.93. The lowest BCUT2D eigenvalue weighted by molar-refractivity contribution is 0.131. The predicted octanol–water partition coefficient (Wildman–Crippen LogP) is 3.52. The van der Waals surface area contributed by atoms with Gasteiger partial charge < -0.3 is 0 Å². The minimum atomic E-state index is 1.01. The molecule has 0 atom stereocenters. The highest BCUT2D eigenvalue weighted by molar-refractivity contribution is 7.11. The zero-order valence-corrected chi connectivity index (χ0v) is 14.1. The van der Waals surface area contributed by atoms with Crippen LogP contribution in [-0.2, 0) is 6.54 Å². The van der Waals surface area contributed by atoms with Gasteiger partial charge in [0.05, 0.1) is 6.21 Å². The normalized spacial score (nSPS) is 16.5. The number of benzene rings is 1. The maximum absolute atomic E-state index is 4.63. The summed E-state index contributed by atoms with van der Waals surface area (Å²) in [7, 11) is 0. The quantitative estimate of drug-likeness (QED) is 0.804. The van der Waals surface area contributed by atoms with Crippen LogP contribution in [0.5, 0.6) is 0 Å². The predicted molar refractivity (Wildman–Crippen MR) is 94.7 cm³/mol. The maximum atomic E-state index is 4.63. The largest absolute Gasteiger partial charge is 0.295 e. The van der Waals surface area contributed by atoms with Crippen LogP contribution in [-0.4, -0.2) is 42.3 Å². The van der Waals surface area contributed by atoms with Crippen LogP contribution < -0.4 is 0 Å². The van der Waals surface area contributed by atoms with E-state index in [0.29, 0.717) is 0 Å². The van der Waals surface area contributed by atoms with E-state index in [4.69, 9.17) is 0 Å². The fraction of sp³-hybridized carbons (Fsp3) is 0.389. The lowest BCUT2D eigenvalue weighted by Gasteiger charge is -2.33. The van der Waals surface area contributed by atoms with Gasteiger partial charge in [0.15, 0.2) is 0 Å². The van der Waals surface area contributed by atoms with Crippen molar-refractivity contribution < 1.29 is 0 Å². The molecule has 1 fully saturated rings. The summed E-state index contributed by atoms with van der Waals surface area (Å²) in [6.45, 7) is 9.48. The Hall–Kier alpha value is -1.65. The van der Waals surface area contributed by atoms with E-state index in [-0.39, 0.29) is 0 Å². The highest BCUT2D eigenvalue weighted by atomic mass is 32.1. The number of rotatable bonds is 4. The highest BCUT2D eigenvalue weighted by Gasteiger charge is 2.15. The van der Waals surface area contributed by atoms with Crippen LogP contribution in [0.15, 0.2) is 40.8 Å². The molecule has 116 valence electrons.